The van der Waals surface area contributed by atoms with Crippen LogP contribution in [-0.2, 0) is 18.9 Å². The zero-order valence-corrected chi connectivity index (χ0v) is 39.3. The molecule has 4 aromatic carbocycles. The van der Waals surface area contributed by atoms with Gasteiger partial charge in [-0.3, -0.25) is 0 Å². The van der Waals surface area contributed by atoms with E-state index >= 15 is 0 Å². The van der Waals surface area contributed by atoms with Crippen LogP contribution in [-0.4, -0.2) is 50.3 Å². The lowest BCUT2D eigenvalue weighted by Gasteiger charge is -2.19. The number of benzene rings is 4. The molecule has 0 bridgehead atoms. The fourth-order valence-corrected chi connectivity index (χ4v) is 8.33. The van der Waals surface area contributed by atoms with Crippen molar-refractivity contribution in [2.75, 3.05) is 26.4 Å². The Hall–Kier alpha value is -4.46. The first kappa shape index (κ1) is 50.2. The van der Waals surface area contributed by atoms with E-state index in [1.807, 2.05) is 24.3 Å². The van der Waals surface area contributed by atoms with Gasteiger partial charge in [-0.25, -0.2) is 19.2 Å². The zero-order valence-electron chi connectivity index (χ0n) is 39.3. The highest BCUT2D eigenvalue weighted by molar-refractivity contribution is 6.28. The summed E-state index contributed by atoms with van der Waals surface area (Å²) in [5, 5.41) is 4.36. The van der Waals surface area contributed by atoms with Crippen LogP contribution in [0.15, 0.2) is 48.5 Å². The Morgan fingerprint density at radius 2 is 0.645 bits per heavy atom. The maximum atomic E-state index is 14.2. The fourth-order valence-electron chi connectivity index (χ4n) is 8.33. The molecular weight excluding hydrogens is 777 g/mol. The van der Waals surface area contributed by atoms with Crippen molar-refractivity contribution in [2.45, 2.75) is 158 Å². The third kappa shape index (κ3) is 13.8. The lowest BCUT2D eigenvalue weighted by molar-refractivity contribution is 0.0382. The van der Waals surface area contributed by atoms with Crippen LogP contribution in [0.25, 0.3) is 32.3 Å². The second-order valence-corrected chi connectivity index (χ2v) is 17.5. The van der Waals surface area contributed by atoms with Crippen molar-refractivity contribution in [3.63, 3.8) is 0 Å². The molecule has 0 heterocycles. The molecule has 340 valence electrons. The van der Waals surface area contributed by atoms with Crippen LogP contribution in [0.1, 0.15) is 200 Å². The van der Waals surface area contributed by atoms with Gasteiger partial charge in [-0.05, 0) is 118 Å². The Balaban J connectivity index is 1.91. The van der Waals surface area contributed by atoms with E-state index in [9.17, 15) is 19.2 Å². The number of fused-ring (bicyclic) bond motifs is 6. The van der Waals surface area contributed by atoms with Crippen molar-refractivity contribution in [1.82, 2.24) is 0 Å². The molecule has 4 aromatic rings. The molecule has 0 amide bonds. The number of rotatable bonds is 28. The standard InChI is InChI=1S/C54H76O8/c1-9-17-21-37(13-5)33-59-51(55)41-26-28-44-45(29-41)43-27-25-42(52(56)60-34-38(14-6)22-18-10-2)30-46(43)48-32-50(54(58)62-36-40(16-8)24-20-12-4)49(31-47(44)48)53(57)61-35-39(15-7)23-19-11-3/h25-32,37-40H,9-24,33-36H2,1-8H3. The first-order valence-electron chi connectivity index (χ1n) is 24.2. The number of unbranched alkanes of at least 4 members (excludes halogenated alkanes) is 4. The molecule has 4 atom stereocenters. The molecule has 4 unspecified atom stereocenters. The highest BCUT2D eigenvalue weighted by atomic mass is 16.5. The first-order chi connectivity index (χ1) is 30.1. The first-order valence-corrected chi connectivity index (χ1v) is 24.2. The Labute approximate surface area is 372 Å². The average Bonchev–Trinajstić information content (AvgIpc) is 3.30. The topological polar surface area (TPSA) is 105 Å². The highest BCUT2D eigenvalue weighted by Crippen LogP contribution is 2.38. The third-order valence-electron chi connectivity index (χ3n) is 13.0. The maximum absolute atomic E-state index is 14.2. The number of hydrogen-bond donors (Lipinski definition) is 0. The molecule has 8 nitrogen and oxygen atoms in total. The van der Waals surface area contributed by atoms with Gasteiger partial charge in [0.2, 0.25) is 0 Å². The normalized spacial score (nSPS) is 13.5. The molecular formula is C54H76O8. The summed E-state index contributed by atoms with van der Waals surface area (Å²) >= 11 is 0. The maximum Gasteiger partial charge on any atom is 0.339 e. The number of ether oxygens (including phenoxy) is 4. The second kappa shape index (κ2) is 26.2. The molecule has 0 N–H and O–H groups in total. The van der Waals surface area contributed by atoms with Crippen molar-refractivity contribution >= 4 is 56.2 Å². The van der Waals surface area contributed by atoms with Gasteiger partial charge in [-0.2, -0.15) is 0 Å². The number of esters is 4. The summed E-state index contributed by atoms with van der Waals surface area (Å²) in [4.78, 5) is 55.8. The number of carbonyl (C=O) groups is 4. The van der Waals surface area contributed by atoms with Gasteiger partial charge in [0, 0.05) is 0 Å². The number of carbonyl (C=O) groups excluding carboxylic acids is 4. The van der Waals surface area contributed by atoms with E-state index in [4.69, 9.17) is 18.9 Å². The smallest absolute Gasteiger partial charge is 0.339 e. The predicted octanol–water partition coefficient (Wildman–Crippen LogP) is 14.6. The monoisotopic (exact) mass is 853 g/mol. The second-order valence-electron chi connectivity index (χ2n) is 17.5. The summed E-state index contributed by atoms with van der Waals surface area (Å²) in [5.74, 6) is -1.01. The molecule has 0 aliphatic rings. The van der Waals surface area contributed by atoms with Crippen LogP contribution in [0, 0.1) is 23.7 Å². The van der Waals surface area contributed by atoms with E-state index in [1.54, 1.807) is 24.3 Å². The summed E-state index contributed by atoms with van der Waals surface area (Å²) in [6.45, 7) is 18.3. The van der Waals surface area contributed by atoms with Crippen molar-refractivity contribution in [3.8, 4) is 0 Å². The molecule has 0 saturated heterocycles. The van der Waals surface area contributed by atoms with Gasteiger partial charge in [0.1, 0.15) is 0 Å². The van der Waals surface area contributed by atoms with Crippen LogP contribution < -0.4 is 0 Å². The lowest BCUT2D eigenvalue weighted by Crippen LogP contribution is -2.19. The minimum atomic E-state index is -0.587. The van der Waals surface area contributed by atoms with E-state index in [0.29, 0.717) is 46.4 Å². The summed E-state index contributed by atoms with van der Waals surface area (Å²) in [7, 11) is 0. The highest BCUT2D eigenvalue weighted by Gasteiger charge is 2.26. The summed E-state index contributed by atoms with van der Waals surface area (Å²) in [6.07, 6.45) is 16.0. The number of hydrogen-bond acceptors (Lipinski definition) is 8. The zero-order chi connectivity index (χ0) is 45.0. The fraction of sp³-hybridized carbons (Fsp3) is 0.593. The van der Waals surface area contributed by atoms with E-state index < -0.39 is 23.9 Å². The predicted molar refractivity (Wildman–Crippen MR) is 253 cm³/mol. The van der Waals surface area contributed by atoms with E-state index in [2.05, 4.69) is 55.4 Å². The van der Waals surface area contributed by atoms with Crippen molar-refractivity contribution in [1.29, 1.82) is 0 Å². The Morgan fingerprint density at radius 3 is 0.952 bits per heavy atom. The van der Waals surface area contributed by atoms with Crippen molar-refractivity contribution in [2.24, 2.45) is 23.7 Å². The molecule has 0 radical (unpaired) electrons. The molecule has 0 fully saturated rings. The van der Waals surface area contributed by atoms with Crippen molar-refractivity contribution < 1.29 is 38.1 Å². The van der Waals surface area contributed by atoms with E-state index in [-0.39, 0.29) is 42.1 Å². The molecule has 4 rings (SSSR count). The quantitative estimate of drug-likeness (QED) is 0.0316. The third-order valence-corrected chi connectivity index (χ3v) is 13.0. The van der Waals surface area contributed by atoms with E-state index in [1.165, 1.54) is 0 Å². The van der Waals surface area contributed by atoms with E-state index in [0.717, 1.165) is 119 Å². The Bertz CT molecular complexity index is 2030. The average molecular weight is 853 g/mol. The van der Waals surface area contributed by atoms with Crippen LogP contribution in [0.2, 0.25) is 0 Å². The van der Waals surface area contributed by atoms with Gasteiger partial charge in [0.15, 0.2) is 0 Å². The van der Waals surface area contributed by atoms with Gasteiger partial charge >= 0.3 is 23.9 Å². The van der Waals surface area contributed by atoms with Crippen LogP contribution >= 0.6 is 0 Å². The molecule has 8 heteroatoms. The van der Waals surface area contributed by atoms with Gasteiger partial charge in [-0.15, -0.1) is 0 Å². The Morgan fingerprint density at radius 1 is 0.371 bits per heavy atom. The summed E-state index contributed by atoms with van der Waals surface area (Å²) in [6, 6.07) is 14.4. The Kier molecular flexibility index (Phi) is 21.2. The summed E-state index contributed by atoms with van der Waals surface area (Å²) < 4.78 is 23.8. The van der Waals surface area contributed by atoms with Crippen LogP contribution in [0.3, 0.4) is 0 Å². The molecule has 0 spiro atoms. The van der Waals surface area contributed by atoms with Crippen LogP contribution in [0.4, 0.5) is 0 Å². The van der Waals surface area contributed by atoms with Gasteiger partial charge in [0.05, 0.1) is 48.7 Å². The van der Waals surface area contributed by atoms with Crippen molar-refractivity contribution in [3.05, 3.63) is 70.8 Å². The van der Waals surface area contributed by atoms with Gasteiger partial charge < -0.3 is 18.9 Å². The van der Waals surface area contributed by atoms with Gasteiger partial charge in [-0.1, -0.05) is 145 Å². The minimum absolute atomic E-state index is 0.124. The molecule has 0 saturated carbocycles. The molecule has 0 aromatic heterocycles. The minimum Gasteiger partial charge on any atom is -0.462 e. The van der Waals surface area contributed by atoms with Crippen LogP contribution in [0.5, 0.6) is 0 Å². The lowest BCUT2D eigenvalue weighted by atomic mass is 9.89. The SMILES string of the molecule is CCCCC(CC)COC(=O)c1ccc2c(c1)c1ccc(C(=O)OCC(CC)CCCC)cc1c1cc(C(=O)OCC(CC)CCCC)c(C(=O)OCC(CC)CCCC)cc21. The molecule has 0 aliphatic heterocycles. The summed E-state index contributed by atoms with van der Waals surface area (Å²) in [5.41, 5.74) is 1.04. The largest absolute Gasteiger partial charge is 0.462 e. The molecule has 0 aliphatic carbocycles. The van der Waals surface area contributed by atoms with Gasteiger partial charge in [0.25, 0.3) is 0 Å². The molecule has 62 heavy (non-hydrogen) atoms.